The molecule has 2 aromatic carbocycles. The first-order valence-corrected chi connectivity index (χ1v) is 11.6. The molecule has 1 saturated carbocycles. The zero-order valence-electron chi connectivity index (χ0n) is 19.0. The van der Waals surface area contributed by atoms with E-state index in [2.05, 4.69) is 6.07 Å². The second kappa shape index (κ2) is 9.49. The highest BCUT2D eigenvalue weighted by Gasteiger charge is 2.37. The van der Waals surface area contributed by atoms with Gasteiger partial charge in [-0.15, -0.1) is 0 Å². The fourth-order valence-corrected chi connectivity index (χ4v) is 4.93. The van der Waals surface area contributed by atoms with Gasteiger partial charge in [-0.25, -0.2) is 4.68 Å². The molecule has 4 rings (SSSR count). The van der Waals surface area contributed by atoms with Crippen LogP contribution >= 0.6 is 11.6 Å². The van der Waals surface area contributed by atoms with Crippen LogP contribution in [-0.2, 0) is 5.41 Å². The Morgan fingerprint density at radius 2 is 1.85 bits per heavy atom. The summed E-state index contributed by atoms with van der Waals surface area (Å²) in [4.78, 5) is 26.6. The molecule has 1 aliphatic carbocycles. The van der Waals surface area contributed by atoms with Gasteiger partial charge in [-0.3, -0.25) is 9.59 Å². The Hall–Kier alpha value is -2.96. The van der Waals surface area contributed by atoms with Crippen LogP contribution in [0.4, 0.5) is 0 Å². The van der Waals surface area contributed by atoms with E-state index in [9.17, 15) is 9.59 Å². The SMILES string of the molecule is CN(C)C(=O)c1cccc(-c2ccc(=O)n([C@H]3CC[C@](CN)(c4cccc(Cl)c4)CC3)n2)c1. The number of rotatable bonds is 5. The van der Waals surface area contributed by atoms with E-state index in [0.29, 0.717) is 22.8 Å². The van der Waals surface area contributed by atoms with Gasteiger partial charge in [0.1, 0.15) is 0 Å². The summed E-state index contributed by atoms with van der Waals surface area (Å²) in [7, 11) is 3.45. The summed E-state index contributed by atoms with van der Waals surface area (Å²) >= 11 is 6.23. The van der Waals surface area contributed by atoms with Crippen molar-refractivity contribution in [2.24, 2.45) is 5.73 Å². The van der Waals surface area contributed by atoms with Gasteiger partial charge in [0.25, 0.3) is 11.5 Å². The molecule has 0 saturated heterocycles. The van der Waals surface area contributed by atoms with Crippen molar-refractivity contribution in [1.82, 2.24) is 14.7 Å². The summed E-state index contributed by atoms with van der Waals surface area (Å²) in [5.74, 6) is -0.0726. The standard InChI is InChI=1S/C26H29ClN4O2/c1-30(2)25(33)19-6-3-5-18(15-19)23-9-10-24(32)31(29-23)22-11-13-26(17-28,14-12-22)20-7-4-8-21(27)16-20/h3-10,15-16,22H,11-14,17,28H2,1-2H3/t22-,26-. The van der Waals surface area contributed by atoms with Crippen molar-refractivity contribution < 1.29 is 4.79 Å². The molecule has 1 aliphatic rings. The second-order valence-corrected chi connectivity index (χ2v) is 9.44. The molecule has 0 unspecified atom stereocenters. The Kier molecular flexibility index (Phi) is 6.68. The fourth-order valence-electron chi connectivity index (χ4n) is 4.74. The van der Waals surface area contributed by atoms with Gasteiger partial charge in [-0.2, -0.15) is 5.10 Å². The molecule has 0 aliphatic heterocycles. The van der Waals surface area contributed by atoms with E-state index >= 15 is 0 Å². The minimum atomic E-state index is -0.135. The number of aromatic nitrogens is 2. The smallest absolute Gasteiger partial charge is 0.267 e. The third-order valence-corrected chi connectivity index (χ3v) is 6.96. The third-order valence-electron chi connectivity index (χ3n) is 6.72. The van der Waals surface area contributed by atoms with Crippen molar-refractivity contribution in [3.63, 3.8) is 0 Å². The quantitative estimate of drug-likeness (QED) is 0.611. The predicted molar refractivity (Wildman–Crippen MR) is 132 cm³/mol. The average Bonchev–Trinajstić information content (AvgIpc) is 2.84. The normalized spacial score (nSPS) is 20.4. The molecule has 0 spiro atoms. The molecule has 6 nitrogen and oxygen atoms in total. The van der Waals surface area contributed by atoms with Crippen LogP contribution in [0.2, 0.25) is 5.02 Å². The number of nitrogens with zero attached hydrogens (tertiary/aromatic N) is 3. The number of hydrogen-bond acceptors (Lipinski definition) is 4. The first-order valence-electron chi connectivity index (χ1n) is 11.2. The fraction of sp³-hybridized carbons (Fsp3) is 0.346. The molecular formula is C26H29ClN4O2. The number of halogens is 1. The van der Waals surface area contributed by atoms with Crippen LogP contribution in [-0.4, -0.2) is 41.2 Å². The van der Waals surface area contributed by atoms with Crippen LogP contribution in [0.5, 0.6) is 0 Å². The van der Waals surface area contributed by atoms with Gasteiger partial charge in [-0.05, 0) is 61.6 Å². The summed E-state index contributed by atoms with van der Waals surface area (Å²) in [5, 5.41) is 5.41. The highest BCUT2D eigenvalue weighted by molar-refractivity contribution is 6.30. The lowest BCUT2D eigenvalue weighted by atomic mass is 9.68. The second-order valence-electron chi connectivity index (χ2n) is 9.01. The summed E-state index contributed by atoms with van der Waals surface area (Å²) < 4.78 is 1.61. The number of hydrogen-bond donors (Lipinski definition) is 1. The van der Waals surface area contributed by atoms with Crippen molar-refractivity contribution in [1.29, 1.82) is 0 Å². The molecular weight excluding hydrogens is 436 g/mol. The zero-order valence-corrected chi connectivity index (χ0v) is 19.8. The summed E-state index contributed by atoms with van der Waals surface area (Å²) in [6.45, 7) is 0.537. The summed E-state index contributed by atoms with van der Waals surface area (Å²) in [6.07, 6.45) is 3.33. The lowest BCUT2D eigenvalue weighted by Gasteiger charge is -2.40. The lowest BCUT2D eigenvalue weighted by Crippen LogP contribution is -2.41. The van der Waals surface area contributed by atoms with Crippen molar-refractivity contribution in [3.05, 3.63) is 87.2 Å². The lowest BCUT2D eigenvalue weighted by molar-refractivity contribution is 0.0827. The zero-order chi connectivity index (χ0) is 23.6. The van der Waals surface area contributed by atoms with Crippen molar-refractivity contribution in [2.75, 3.05) is 20.6 Å². The van der Waals surface area contributed by atoms with Gasteiger partial charge in [0.2, 0.25) is 0 Å². The number of benzene rings is 2. The highest BCUT2D eigenvalue weighted by Crippen LogP contribution is 2.42. The van der Waals surface area contributed by atoms with Gasteiger partial charge < -0.3 is 10.6 Å². The number of carbonyl (C=O) groups excluding carboxylic acids is 1. The van der Waals surface area contributed by atoms with Crippen LogP contribution in [0.3, 0.4) is 0 Å². The molecule has 0 bridgehead atoms. The van der Waals surface area contributed by atoms with E-state index in [-0.39, 0.29) is 22.9 Å². The van der Waals surface area contributed by atoms with E-state index in [1.165, 1.54) is 0 Å². The average molecular weight is 465 g/mol. The molecule has 1 amide bonds. The molecule has 1 aromatic heterocycles. The first kappa shape index (κ1) is 23.2. The summed E-state index contributed by atoms with van der Waals surface area (Å²) in [5.41, 5.74) is 9.21. The Labute approximate surface area is 199 Å². The Balaban J connectivity index is 1.59. The monoisotopic (exact) mass is 464 g/mol. The van der Waals surface area contributed by atoms with Crippen LogP contribution in [0.25, 0.3) is 11.3 Å². The van der Waals surface area contributed by atoms with Crippen molar-refractivity contribution in [2.45, 2.75) is 37.1 Å². The highest BCUT2D eigenvalue weighted by atomic mass is 35.5. The molecule has 1 heterocycles. The van der Waals surface area contributed by atoms with Gasteiger partial charge in [-0.1, -0.05) is 35.9 Å². The van der Waals surface area contributed by atoms with E-state index < -0.39 is 0 Å². The van der Waals surface area contributed by atoms with Crippen LogP contribution < -0.4 is 11.3 Å². The molecule has 0 radical (unpaired) electrons. The number of amides is 1. The Morgan fingerprint density at radius 1 is 1.12 bits per heavy atom. The van der Waals surface area contributed by atoms with Gasteiger partial charge in [0.05, 0.1) is 11.7 Å². The van der Waals surface area contributed by atoms with Gasteiger partial charge in [0, 0.05) is 48.3 Å². The maximum atomic E-state index is 12.7. The summed E-state index contributed by atoms with van der Waals surface area (Å²) in [6, 6.07) is 18.6. The maximum Gasteiger partial charge on any atom is 0.267 e. The van der Waals surface area contributed by atoms with Crippen LogP contribution in [0.1, 0.15) is 47.6 Å². The Morgan fingerprint density at radius 3 is 2.52 bits per heavy atom. The first-order chi connectivity index (χ1) is 15.8. The third kappa shape index (κ3) is 4.72. The van der Waals surface area contributed by atoms with E-state index in [1.54, 1.807) is 41.9 Å². The van der Waals surface area contributed by atoms with Gasteiger partial charge in [0.15, 0.2) is 0 Å². The number of nitrogens with two attached hydrogens (primary N) is 1. The topological polar surface area (TPSA) is 81.2 Å². The van der Waals surface area contributed by atoms with Crippen molar-refractivity contribution in [3.8, 4) is 11.3 Å². The molecule has 33 heavy (non-hydrogen) atoms. The largest absolute Gasteiger partial charge is 0.345 e. The number of carbonyl (C=O) groups is 1. The van der Waals surface area contributed by atoms with E-state index in [4.69, 9.17) is 22.4 Å². The molecule has 2 N–H and O–H groups in total. The van der Waals surface area contributed by atoms with Crippen molar-refractivity contribution >= 4 is 17.5 Å². The molecule has 172 valence electrons. The molecule has 3 aromatic rings. The van der Waals surface area contributed by atoms with Gasteiger partial charge >= 0.3 is 0 Å². The minimum absolute atomic E-state index is 0.00268. The minimum Gasteiger partial charge on any atom is -0.345 e. The van der Waals surface area contributed by atoms with Crippen LogP contribution in [0.15, 0.2) is 65.5 Å². The van der Waals surface area contributed by atoms with E-state index in [0.717, 1.165) is 36.8 Å². The molecule has 1 fully saturated rings. The Bertz CT molecular complexity index is 1210. The molecule has 0 atom stereocenters. The molecule has 7 heteroatoms. The van der Waals surface area contributed by atoms with Crippen LogP contribution in [0, 0.1) is 0 Å². The van der Waals surface area contributed by atoms with E-state index in [1.807, 2.05) is 36.4 Å². The predicted octanol–water partition coefficient (Wildman–Crippen LogP) is 4.28. The maximum absolute atomic E-state index is 12.7.